The Hall–Kier alpha value is -2.41. The van der Waals surface area contributed by atoms with E-state index in [0.29, 0.717) is 18.8 Å². The number of likely N-dealkylation sites (N-methyl/N-ethyl adjacent to an activating group) is 1. The first kappa shape index (κ1) is 14.5. The van der Waals surface area contributed by atoms with Crippen LogP contribution in [0.25, 0.3) is 11.0 Å². The van der Waals surface area contributed by atoms with E-state index in [1.54, 1.807) is 0 Å². The fraction of sp³-hybridized carbons (Fsp3) is 0.333. The third kappa shape index (κ3) is 2.55. The first-order valence-corrected chi connectivity index (χ1v) is 6.90. The van der Waals surface area contributed by atoms with Crippen LogP contribution in [-0.2, 0) is 0 Å². The maximum absolute atomic E-state index is 13.8. The van der Waals surface area contributed by atoms with Crippen molar-refractivity contribution in [2.24, 2.45) is 0 Å². The molecular formula is C15H15FN2O4. The Morgan fingerprint density at radius 3 is 2.55 bits per heavy atom. The molecule has 1 aromatic heterocycles. The van der Waals surface area contributed by atoms with Gasteiger partial charge in [0.05, 0.1) is 11.1 Å². The summed E-state index contributed by atoms with van der Waals surface area (Å²) in [6, 6.07) is 3.23. The Bertz CT molecular complexity index is 794. The lowest BCUT2D eigenvalue weighted by Crippen LogP contribution is -2.44. The second-order valence-corrected chi connectivity index (χ2v) is 5.37. The summed E-state index contributed by atoms with van der Waals surface area (Å²) in [6.07, 6.45) is 0. The molecule has 0 aliphatic carbocycles. The Morgan fingerprint density at radius 1 is 1.23 bits per heavy atom. The van der Waals surface area contributed by atoms with Gasteiger partial charge in [-0.1, -0.05) is 0 Å². The number of hydrogen-bond donors (Lipinski definition) is 1. The minimum Gasteiger partial charge on any atom is -0.475 e. The summed E-state index contributed by atoms with van der Waals surface area (Å²) in [6.45, 7) is 2.88. The average molecular weight is 306 g/mol. The summed E-state index contributed by atoms with van der Waals surface area (Å²) in [5.74, 6) is -2.32. The number of rotatable bonds is 2. The fourth-order valence-electron chi connectivity index (χ4n) is 2.59. The molecular weight excluding hydrogens is 291 g/mol. The Morgan fingerprint density at radius 2 is 1.91 bits per heavy atom. The zero-order valence-corrected chi connectivity index (χ0v) is 12.0. The molecule has 0 spiro atoms. The number of fused-ring (bicyclic) bond motifs is 1. The van der Waals surface area contributed by atoms with Crippen molar-refractivity contribution in [1.29, 1.82) is 0 Å². The summed E-state index contributed by atoms with van der Waals surface area (Å²) in [5, 5.41) is 9.09. The molecule has 0 atom stereocenters. The minimum absolute atomic E-state index is 0.0546. The molecule has 1 saturated heterocycles. The number of hydrogen-bond acceptors (Lipinski definition) is 5. The number of anilines is 1. The van der Waals surface area contributed by atoms with Crippen LogP contribution in [0.4, 0.5) is 10.1 Å². The van der Waals surface area contributed by atoms with E-state index in [4.69, 9.17) is 9.52 Å². The van der Waals surface area contributed by atoms with Crippen molar-refractivity contribution in [1.82, 2.24) is 4.90 Å². The van der Waals surface area contributed by atoms with E-state index in [-0.39, 0.29) is 11.0 Å². The van der Waals surface area contributed by atoms with Gasteiger partial charge in [0, 0.05) is 38.3 Å². The SMILES string of the molecule is CN1CCN(c2cc(F)cc3c(=O)cc(C(=O)O)oc23)CC1. The van der Waals surface area contributed by atoms with Crippen LogP contribution in [0.1, 0.15) is 10.6 Å². The zero-order valence-electron chi connectivity index (χ0n) is 12.0. The molecule has 2 heterocycles. The zero-order chi connectivity index (χ0) is 15.9. The van der Waals surface area contributed by atoms with Crippen LogP contribution in [0.3, 0.4) is 0 Å². The molecule has 0 amide bonds. The third-order valence-electron chi connectivity index (χ3n) is 3.83. The molecule has 3 rings (SSSR count). The number of piperazine rings is 1. The number of carbonyl (C=O) groups is 1. The smallest absolute Gasteiger partial charge is 0.371 e. The monoisotopic (exact) mass is 306 g/mol. The van der Waals surface area contributed by atoms with Gasteiger partial charge in [0.25, 0.3) is 0 Å². The molecule has 1 fully saturated rings. The van der Waals surface area contributed by atoms with Crippen molar-refractivity contribution in [3.05, 3.63) is 40.0 Å². The highest BCUT2D eigenvalue weighted by Crippen LogP contribution is 2.28. The van der Waals surface area contributed by atoms with Crippen LogP contribution >= 0.6 is 0 Å². The van der Waals surface area contributed by atoms with Gasteiger partial charge in [-0.2, -0.15) is 0 Å². The van der Waals surface area contributed by atoms with Gasteiger partial charge in [0.15, 0.2) is 11.0 Å². The number of aromatic carboxylic acids is 1. The molecule has 22 heavy (non-hydrogen) atoms. The number of benzene rings is 1. The molecule has 0 unspecified atom stereocenters. The quantitative estimate of drug-likeness (QED) is 0.903. The third-order valence-corrected chi connectivity index (χ3v) is 3.83. The average Bonchev–Trinajstić information content (AvgIpc) is 2.48. The first-order valence-electron chi connectivity index (χ1n) is 6.90. The van der Waals surface area contributed by atoms with Gasteiger partial charge in [0.2, 0.25) is 5.76 Å². The lowest BCUT2D eigenvalue weighted by Gasteiger charge is -2.34. The second kappa shape index (κ2) is 5.42. The molecule has 1 aliphatic rings. The molecule has 1 aromatic carbocycles. The van der Waals surface area contributed by atoms with E-state index in [2.05, 4.69) is 4.90 Å². The summed E-state index contributed by atoms with van der Waals surface area (Å²) in [7, 11) is 1.99. The molecule has 6 nitrogen and oxygen atoms in total. The molecule has 116 valence electrons. The first-order chi connectivity index (χ1) is 10.5. The lowest BCUT2D eigenvalue weighted by molar-refractivity contribution is 0.0663. The van der Waals surface area contributed by atoms with E-state index >= 15 is 0 Å². The van der Waals surface area contributed by atoms with Crippen LogP contribution in [0.2, 0.25) is 0 Å². The Kier molecular flexibility index (Phi) is 3.58. The molecule has 2 aromatic rings. The molecule has 0 radical (unpaired) electrons. The number of carboxylic acids is 1. The second-order valence-electron chi connectivity index (χ2n) is 5.37. The van der Waals surface area contributed by atoms with Crippen molar-refractivity contribution in [2.75, 3.05) is 38.1 Å². The van der Waals surface area contributed by atoms with Gasteiger partial charge < -0.3 is 19.3 Å². The van der Waals surface area contributed by atoms with Crippen molar-refractivity contribution in [2.45, 2.75) is 0 Å². The highest BCUT2D eigenvalue weighted by atomic mass is 19.1. The van der Waals surface area contributed by atoms with Gasteiger partial charge in [0.1, 0.15) is 5.82 Å². The molecule has 1 aliphatic heterocycles. The highest BCUT2D eigenvalue weighted by Gasteiger charge is 2.21. The van der Waals surface area contributed by atoms with E-state index < -0.39 is 23.0 Å². The summed E-state index contributed by atoms with van der Waals surface area (Å²) in [4.78, 5) is 27.1. The van der Waals surface area contributed by atoms with Crippen molar-refractivity contribution < 1.29 is 18.7 Å². The molecule has 1 N–H and O–H groups in total. The Balaban J connectivity index is 2.20. The van der Waals surface area contributed by atoms with E-state index in [0.717, 1.165) is 25.2 Å². The van der Waals surface area contributed by atoms with Gasteiger partial charge in [-0.15, -0.1) is 0 Å². The summed E-state index contributed by atoms with van der Waals surface area (Å²) in [5.41, 5.74) is -0.0207. The largest absolute Gasteiger partial charge is 0.475 e. The summed E-state index contributed by atoms with van der Waals surface area (Å²) >= 11 is 0. The van der Waals surface area contributed by atoms with Crippen LogP contribution in [0, 0.1) is 5.82 Å². The van der Waals surface area contributed by atoms with Crippen LogP contribution < -0.4 is 10.3 Å². The number of halogens is 1. The van der Waals surface area contributed by atoms with Gasteiger partial charge in [-0.05, 0) is 13.1 Å². The van der Waals surface area contributed by atoms with Crippen molar-refractivity contribution in [3.63, 3.8) is 0 Å². The van der Waals surface area contributed by atoms with E-state index in [1.165, 1.54) is 6.07 Å². The van der Waals surface area contributed by atoms with Gasteiger partial charge in [-0.3, -0.25) is 4.79 Å². The maximum atomic E-state index is 13.8. The lowest BCUT2D eigenvalue weighted by atomic mass is 10.1. The topological polar surface area (TPSA) is 74.0 Å². The van der Waals surface area contributed by atoms with Gasteiger partial charge >= 0.3 is 5.97 Å². The van der Waals surface area contributed by atoms with Crippen molar-refractivity contribution >= 4 is 22.6 Å². The van der Waals surface area contributed by atoms with Crippen molar-refractivity contribution in [3.8, 4) is 0 Å². The summed E-state index contributed by atoms with van der Waals surface area (Å²) < 4.78 is 19.2. The standard InChI is InChI=1S/C15H15FN2O4/c1-17-2-4-18(5-3-17)11-7-9(16)6-10-12(19)8-13(15(20)21)22-14(10)11/h6-8H,2-5H2,1H3,(H,20,21). The van der Waals surface area contributed by atoms with Crippen LogP contribution in [0.15, 0.2) is 27.4 Å². The number of nitrogens with zero attached hydrogens (tertiary/aromatic N) is 2. The predicted octanol–water partition coefficient (Wildman–Crippen LogP) is 1.38. The number of carboxylic acid groups (broad SMARTS) is 1. The van der Waals surface area contributed by atoms with Crippen LogP contribution in [0.5, 0.6) is 0 Å². The highest BCUT2D eigenvalue weighted by molar-refractivity contribution is 5.92. The van der Waals surface area contributed by atoms with Gasteiger partial charge in [-0.25, -0.2) is 9.18 Å². The van der Waals surface area contributed by atoms with E-state index in [9.17, 15) is 14.0 Å². The maximum Gasteiger partial charge on any atom is 0.371 e. The van der Waals surface area contributed by atoms with E-state index in [1.807, 2.05) is 11.9 Å². The fourth-order valence-corrected chi connectivity index (χ4v) is 2.59. The normalized spacial score (nSPS) is 16.2. The minimum atomic E-state index is -1.33. The molecule has 0 bridgehead atoms. The predicted molar refractivity (Wildman–Crippen MR) is 79.1 cm³/mol. The molecule has 7 heteroatoms. The molecule has 0 saturated carbocycles. The Labute approximate surface area is 125 Å². The van der Waals surface area contributed by atoms with Crippen LogP contribution in [-0.4, -0.2) is 49.2 Å².